The van der Waals surface area contributed by atoms with E-state index in [0.717, 1.165) is 17.8 Å². The van der Waals surface area contributed by atoms with E-state index in [4.69, 9.17) is 0 Å². The van der Waals surface area contributed by atoms with Crippen LogP contribution in [-0.2, 0) is 13.5 Å². The summed E-state index contributed by atoms with van der Waals surface area (Å²) in [7, 11) is 3.84. The maximum absolute atomic E-state index is 4.27. The summed E-state index contributed by atoms with van der Waals surface area (Å²) in [5.41, 5.74) is 3.97. The van der Waals surface area contributed by atoms with Gasteiger partial charge >= 0.3 is 0 Å². The Hall–Kier alpha value is -1.27. The first-order valence-corrected chi connectivity index (χ1v) is 6.01. The number of hydrogen-bond acceptors (Lipinski definition) is 5. The highest BCUT2D eigenvalue weighted by molar-refractivity contribution is 7.09. The Labute approximate surface area is 98.5 Å². The summed E-state index contributed by atoms with van der Waals surface area (Å²) >= 11 is 1.68. The van der Waals surface area contributed by atoms with Crippen LogP contribution in [0.2, 0.25) is 0 Å². The fraction of sp³-hybridized carbons (Fsp3) is 0.500. The quantitative estimate of drug-likeness (QED) is 0.864. The molecule has 0 saturated carbocycles. The molecule has 2 aromatic heterocycles. The van der Waals surface area contributed by atoms with Gasteiger partial charge in [-0.25, -0.2) is 4.98 Å². The van der Waals surface area contributed by atoms with Crippen molar-refractivity contribution in [3.8, 4) is 0 Å². The molecule has 0 radical (unpaired) electrons. The smallest absolute Gasteiger partial charge is 0.0846 e. The summed E-state index contributed by atoms with van der Waals surface area (Å²) in [5, 5.41) is 11.3. The van der Waals surface area contributed by atoms with Gasteiger partial charge in [0.15, 0.2) is 0 Å². The molecule has 2 heterocycles. The van der Waals surface area contributed by atoms with Gasteiger partial charge < -0.3 is 5.32 Å². The van der Waals surface area contributed by atoms with E-state index in [1.807, 2.05) is 32.7 Å². The van der Waals surface area contributed by atoms with Crippen molar-refractivity contribution in [2.45, 2.75) is 19.4 Å². The van der Waals surface area contributed by atoms with Crippen LogP contribution < -0.4 is 5.32 Å². The van der Waals surface area contributed by atoms with Gasteiger partial charge in [-0.1, -0.05) is 5.21 Å². The zero-order valence-electron chi connectivity index (χ0n) is 9.64. The van der Waals surface area contributed by atoms with Crippen LogP contribution in [0, 0.1) is 6.92 Å². The number of thiazole rings is 1. The SMILES string of the molecule is CNC(Cc1cn(C)nn1)c1scnc1C. The molecule has 86 valence electrons. The summed E-state index contributed by atoms with van der Waals surface area (Å²) in [5.74, 6) is 0. The number of aromatic nitrogens is 4. The molecule has 2 aromatic rings. The minimum Gasteiger partial charge on any atom is -0.312 e. The van der Waals surface area contributed by atoms with E-state index in [-0.39, 0.29) is 6.04 Å². The van der Waals surface area contributed by atoms with Crippen LogP contribution in [-0.4, -0.2) is 27.0 Å². The average Bonchev–Trinajstić information content (AvgIpc) is 2.84. The number of aryl methyl sites for hydroxylation is 2. The summed E-state index contributed by atoms with van der Waals surface area (Å²) in [6.07, 6.45) is 2.79. The third-order valence-electron chi connectivity index (χ3n) is 2.51. The van der Waals surface area contributed by atoms with Gasteiger partial charge in [-0.2, -0.15) is 0 Å². The molecule has 0 bridgehead atoms. The van der Waals surface area contributed by atoms with Crippen LogP contribution in [0.3, 0.4) is 0 Å². The van der Waals surface area contributed by atoms with Crippen molar-refractivity contribution < 1.29 is 0 Å². The third-order valence-corrected chi connectivity index (χ3v) is 3.56. The van der Waals surface area contributed by atoms with E-state index in [1.54, 1.807) is 16.0 Å². The van der Waals surface area contributed by atoms with Crippen LogP contribution >= 0.6 is 11.3 Å². The molecule has 0 saturated heterocycles. The van der Waals surface area contributed by atoms with Gasteiger partial charge in [-0.05, 0) is 14.0 Å². The fourth-order valence-electron chi connectivity index (χ4n) is 1.67. The number of hydrogen-bond donors (Lipinski definition) is 1. The molecule has 6 heteroatoms. The van der Waals surface area contributed by atoms with Gasteiger partial charge in [0.1, 0.15) is 0 Å². The monoisotopic (exact) mass is 237 g/mol. The third kappa shape index (κ3) is 2.28. The molecule has 0 aromatic carbocycles. The predicted molar refractivity (Wildman–Crippen MR) is 63.4 cm³/mol. The lowest BCUT2D eigenvalue weighted by Crippen LogP contribution is -2.18. The van der Waals surface area contributed by atoms with Crippen molar-refractivity contribution in [3.63, 3.8) is 0 Å². The Morgan fingerprint density at radius 3 is 2.88 bits per heavy atom. The zero-order chi connectivity index (χ0) is 11.5. The Kier molecular flexibility index (Phi) is 3.31. The molecular formula is C10H15N5S. The highest BCUT2D eigenvalue weighted by atomic mass is 32.1. The van der Waals surface area contributed by atoms with Gasteiger partial charge in [0.05, 0.1) is 16.9 Å². The lowest BCUT2D eigenvalue weighted by molar-refractivity contribution is 0.589. The average molecular weight is 237 g/mol. The lowest BCUT2D eigenvalue weighted by Gasteiger charge is -2.13. The molecule has 1 atom stereocenters. The van der Waals surface area contributed by atoms with E-state index in [1.165, 1.54) is 4.88 Å². The van der Waals surface area contributed by atoms with Crippen molar-refractivity contribution in [2.24, 2.45) is 7.05 Å². The van der Waals surface area contributed by atoms with Gasteiger partial charge in [-0.3, -0.25) is 4.68 Å². The first kappa shape index (κ1) is 11.2. The molecule has 2 rings (SSSR count). The second-order valence-corrected chi connectivity index (χ2v) is 4.62. The molecule has 0 amide bonds. The molecule has 0 aliphatic carbocycles. The summed E-state index contributed by atoms with van der Waals surface area (Å²) in [4.78, 5) is 5.54. The topological polar surface area (TPSA) is 55.6 Å². The number of likely N-dealkylation sites (N-methyl/N-ethyl adjacent to an activating group) is 1. The molecule has 0 fully saturated rings. The summed E-state index contributed by atoms with van der Waals surface area (Å²) in [6.45, 7) is 2.03. The van der Waals surface area contributed by atoms with E-state index in [9.17, 15) is 0 Å². The molecular weight excluding hydrogens is 222 g/mol. The molecule has 5 nitrogen and oxygen atoms in total. The second kappa shape index (κ2) is 4.71. The van der Waals surface area contributed by atoms with E-state index < -0.39 is 0 Å². The minimum atomic E-state index is 0.268. The highest BCUT2D eigenvalue weighted by Crippen LogP contribution is 2.23. The molecule has 0 spiro atoms. The second-order valence-electron chi connectivity index (χ2n) is 3.73. The Balaban J connectivity index is 2.15. The van der Waals surface area contributed by atoms with Crippen LogP contribution in [0.15, 0.2) is 11.7 Å². The van der Waals surface area contributed by atoms with Gasteiger partial charge in [0.2, 0.25) is 0 Å². The van der Waals surface area contributed by atoms with Crippen LogP contribution in [0.4, 0.5) is 0 Å². The van der Waals surface area contributed by atoms with E-state index >= 15 is 0 Å². The summed E-state index contributed by atoms with van der Waals surface area (Å²) < 4.78 is 1.72. The van der Waals surface area contributed by atoms with Crippen molar-refractivity contribution in [2.75, 3.05) is 7.05 Å². The number of nitrogens with one attached hydrogen (secondary N) is 1. The number of nitrogens with zero attached hydrogens (tertiary/aromatic N) is 4. The Bertz CT molecular complexity index is 461. The minimum absolute atomic E-state index is 0.268. The molecule has 1 unspecified atom stereocenters. The first-order chi connectivity index (χ1) is 7.70. The Morgan fingerprint density at radius 1 is 1.56 bits per heavy atom. The predicted octanol–water partition coefficient (Wildman–Crippen LogP) is 1.08. The van der Waals surface area contributed by atoms with Crippen LogP contribution in [0.1, 0.15) is 22.3 Å². The van der Waals surface area contributed by atoms with Crippen molar-refractivity contribution in [3.05, 3.63) is 28.0 Å². The fourth-order valence-corrected chi connectivity index (χ4v) is 2.58. The maximum atomic E-state index is 4.27. The van der Waals surface area contributed by atoms with E-state index in [2.05, 4.69) is 20.6 Å². The lowest BCUT2D eigenvalue weighted by atomic mass is 10.1. The zero-order valence-corrected chi connectivity index (χ0v) is 10.5. The first-order valence-electron chi connectivity index (χ1n) is 5.13. The van der Waals surface area contributed by atoms with E-state index in [0.29, 0.717) is 0 Å². The van der Waals surface area contributed by atoms with Gasteiger partial charge in [0, 0.05) is 30.6 Å². The maximum Gasteiger partial charge on any atom is 0.0846 e. The molecule has 16 heavy (non-hydrogen) atoms. The van der Waals surface area contributed by atoms with Crippen LogP contribution in [0.25, 0.3) is 0 Å². The normalized spacial score (nSPS) is 12.9. The molecule has 0 aliphatic rings. The van der Waals surface area contributed by atoms with Crippen molar-refractivity contribution in [1.82, 2.24) is 25.3 Å². The molecule has 0 aliphatic heterocycles. The van der Waals surface area contributed by atoms with Gasteiger partial charge in [0.25, 0.3) is 0 Å². The standard InChI is InChI=1S/C10H15N5S/c1-7-10(16-6-12-7)9(11-2)4-8-5-15(3)14-13-8/h5-6,9,11H,4H2,1-3H3. The summed E-state index contributed by atoms with van der Waals surface area (Å²) in [6, 6.07) is 0.268. The molecule has 1 N–H and O–H groups in total. The highest BCUT2D eigenvalue weighted by Gasteiger charge is 2.16. The van der Waals surface area contributed by atoms with Crippen molar-refractivity contribution in [1.29, 1.82) is 0 Å². The largest absolute Gasteiger partial charge is 0.312 e. The Morgan fingerprint density at radius 2 is 2.38 bits per heavy atom. The van der Waals surface area contributed by atoms with Crippen LogP contribution in [0.5, 0.6) is 0 Å². The number of rotatable bonds is 4. The van der Waals surface area contributed by atoms with Gasteiger partial charge in [-0.15, -0.1) is 16.4 Å². The van der Waals surface area contributed by atoms with Crippen molar-refractivity contribution >= 4 is 11.3 Å².